The number of rotatable bonds is 6. The molecule has 0 saturated heterocycles. The van der Waals surface area contributed by atoms with Crippen molar-refractivity contribution in [3.8, 4) is 11.5 Å². The van der Waals surface area contributed by atoms with E-state index in [9.17, 15) is 19.8 Å². The fraction of sp³-hybridized carbons (Fsp3) is 0.304. The quantitative estimate of drug-likeness (QED) is 0.365. The molecule has 0 bridgehead atoms. The van der Waals surface area contributed by atoms with E-state index in [2.05, 4.69) is 10.3 Å². The minimum atomic E-state index is -0.693. The summed E-state index contributed by atoms with van der Waals surface area (Å²) in [5, 5.41) is 23.2. The van der Waals surface area contributed by atoms with Crippen molar-refractivity contribution in [1.29, 1.82) is 0 Å². The van der Waals surface area contributed by atoms with Gasteiger partial charge < -0.3 is 25.3 Å². The smallest absolute Gasteiger partial charge is 0.314 e. The van der Waals surface area contributed by atoms with Gasteiger partial charge in [-0.2, -0.15) is 0 Å². The third kappa shape index (κ3) is 3.47. The molecule has 1 saturated carbocycles. The van der Waals surface area contributed by atoms with Crippen LogP contribution in [-0.2, 0) is 19.7 Å². The number of carbonyl (C=O) groups is 2. The molecular weight excluding hydrogens is 384 g/mol. The molecule has 7 nitrogen and oxygen atoms in total. The standard InChI is InChI=1S/C23H24N2O5/c1-3-30-21(28)13(2)18-11-14-10-16(5-6-17(14)25-18)24-22(29)23(8-9-23)15-4-7-19(26)20(27)12-15/h4-7,10-13,25-27H,3,8-9H2,1-2H3,(H,24,29). The number of aromatic hydroxyl groups is 2. The van der Waals surface area contributed by atoms with Gasteiger partial charge in [0.25, 0.3) is 0 Å². The van der Waals surface area contributed by atoms with Crippen molar-refractivity contribution in [2.24, 2.45) is 0 Å². The van der Waals surface area contributed by atoms with E-state index in [-0.39, 0.29) is 23.4 Å². The van der Waals surface area contributed by atoms with E-state index < -0.39 is 11.3 Å². The molecule has 3 aromatic rings. The second-order valence-electron chi connectivity index (χ2n) is 7.74. The summed E-state index contributed by atoms with van der Waals surface area (Å²) < 4.78 is 5.08. The number of anilines is 1. The minimum Gasteiger partial charge on any atom is -0.504 e. The minimum absolute atomic E-state index is 0.150. The Labute approximate surface area is 173 Å². The summed E-state index contributed by atoms with van der Waals surface area (Å²) >= 11 is 0. The molecule has 1 fully saturated rings. The molecular formula is C23H24N2O5. The fourth-order valence-corrected chi connectivity index (χ4v) is 3.70. The van der Waals surface area contributed by atoms with Crippen LogP contribution in [0.1, 0.15) is 43.9 Å². The molecule has 1 atom stereocenters. The number of aromatic nitrogens is 1. The lowest BCUT2D eigenvalue weighted by Gasteiger charge is -2.16. The molecule has 4 rings (SSSR count). The van der Waals surface area contributed by atoms with Crippen LogP contribution in [0.15, 0.2) is 42.5 Å². The lowest BCUT2D eigenvalue weighted by molar-refractivity contribution is -0.144. The molecule has 30 heavy (non-hydrogen) atoms. The van der Waals surface area contributed by atoms with E-state index in [4.69, 9.17) is 4.74 Å². The zero-order valence-corrected chi connectivity index (χ0v) is 16.9. The fourth-order valence-electron chi connectivity index (χ4n) is 3.70. The lowest BCUT2D eigenvalue weighted by atomic mass is 9.94. The third-order valence-electron chi connectivity index (χ3n) is 5.72. The number of benzene rings is 2. The highest BCUT2D eigenvalue weighted by Crippen LogP contribution is 2.50. The summed E-state index contributed by atoms with van der Waals surface area (Å²) in [5.41, 5.74) is 2.26. The number of amides is 1. The van der Waals surface area contributed by atoms with Crippen molar-refractivity contribution in [2.75, 3.05) is 11.9 Å². The first-order chi connectivity index (χ1) is 14.3. The zero-order valence-electron chi connectivity index (χ0n) is 16.9. The monoisotopic (exact) mass is 408 g/mol. The van der Waals surface area contributed by atoms with E-state index in [1.807, 2.05) is 18.2 Å². The zero-order chi connectivity index (χ0) is 21.5. The highest BCUT2D eigenvalue weighted by atomic mass is 16.5. The number of nitrogens with one attached hydrogen (secondary N) is 2. The first-order valence-corrected chi connectivity index (χ1v) is 9.97. The summed E-state index contributed by atoms with van der Waals surface area (Å²) in [6.07, 6.45) is 1.35. The van der Waals surface area contributed by atoms with Crippen molar-refractivity contribution in [1.82, 2.24) is 4.98 Å². The maximum Gasteiger partial charge on any atom is 0.314 e. The number of H-pyrrole nitrogens is 1. The summed E-state index contributed by atoms with van der Waals surface area (Å²) in [6.45, 7) is 3.90. The Morgan fingerprint density at radius 1 is 1.13 bits per heavy atom. The molecule has 156 valence electrons. The van der Waals surface area contributed by atoms with Crippen molar-refractivity contribution in [3.05, 3.63) is 53.7 Å². The van der Waals surface area contributed by atoms with Crippen LogP contribution in [0.2, 0.25) is 0 Å². The van der Waals surface area contributed by atoms with E-state index >= 15 is 0 Å². The van der Waals surface area contributed by atoms with E-state index in [1.54, 1.807) is 26.0 Å². The average molecular weight is 408 g/mol. The van der Waals surface area contributed by atoms with Gasteiger partial charge in [0.1, 0.15) is 0 Å². The predicted octanol–water partition coefficient (Wildman–Crippen LogP) is 3.92. The van der Waals surface area contributed by atoms with Crippen LogP contribution in [0.5, 0.6) is 11.5 Å². The Morgan fingerprint density at radius 2 is 1.90 bits per heavy atom. The van der Waals surface area contributed by atoms with Crippen LogP contribution in [0, 0.1) is 0 Å². The van der Waals surface area contributed by atoms with E-state index in [0.29, 0.717) is 30.7 Å². The van der Waals surface area contributed by atoms with Crippen LogP contribution in [0.4, 0.5) is 5.69 Å². The molecule has 0 spiro atoms. The molecule has 1 aliphatic carbocycles. The van der Waals surface area contributed by atoms with Crippen molar-refractivity contribution >= 4 is 28.5 Å². The van der Waals surface area contributed by atoms with Crippen LogP contribution in [0.25, 0.3) is 10.9 Å². The average Bonchev–Trinajstić information content (AvgIpc) is 3.43. The highest BCUT2D eigenvalue weighted by Gasteiger charge is 2.51. The number of aromatic amines is 1. The lowest BCUT2D eigenvalue weighted by Crippen LogP contribution is -2.27. The molecule has 1 aromatic heterocycles. The number of ether oxygens (including phenoxy) is 1. The van der Waals surface area contributed by atoms with Gasteiger partial charge in [0.15, 0.2) is 11.5 Å². The topological polar surface area (TPSA) is 112 Å². The van der Waals surface area contributed by atoms with Crippen molar-refractivity contribution < 1.29 is 24.5 Å². The molecule has 2 aromatic carbocycles. The van der Waals surface area contributed by atoms with Gasteiger partial charge in [-0.05, 0) is 68.7 Å². The number of esters is 1. The van der Waals surface area contributed by atoms with Gasteiger partial charge in [0.05, 0.1) is 17.9 Å². The van der Waals surface area contributed by atoms with Gasteiger partial charge in [-0.25, -0.2) is 0 Å². The van der Waals surface area contributed by atoms with Crippen LogP contribution >= 0.6 is 0 Å². The number of carbonyl (C=O) groups excluding carboxylic acids is 2. The van der Waals surface area contributed by atoms with Crippen molar-refractivity contribution in [3.63, 3.8) is 0 Å². The maximum atomic E-state index is 13.0. The van der Waals surface area contributed by atoms with Crippen LogP contribution in [0.3, 0.4) is 0 Å². The maximum absolute atomic E-state index is 13.0. The number of hydrogen-bond donors (Lipinski definition) is 4. The van der Waals surface area contributed by atoms with Crippen molar-refractivity contribution in [2.45, 2.75) is 38.0 Å². The number of fused-ring (bicyclic) bond motifs is 1. The van der Waals surface area contributed by atoms with Gasteiger partial charge in [0.2, 0.25) is 5.91 Å². The summed E-state index contributed by atoms with van der Waals surface area (Å²) in [6, 6.07) is 11.9. The molecule has 4 N–H and O–H groups in total. The molecule has 7 heteroatoms. The van der Waals surface area contributed by atoms with E-state index in [1.165, 1.54) is 12.1 Å². The largest absolute Gasteiger partial charge is 0.504 e. The third-order valence-corrected chi connectivity index (χ3v) is 5.72. The number of hydrogen-bond acceptors (Lipinski definition) is 5. The van der Waals surface area contributed by atoms with Gasteiger partial charge in [-0.3, -0.25) is 9.59 Å². The second kappa shape index (κ2) is 7.40. The highest BCUT2D eigenvalue weighted by molar-refractivity contribution is 6.02. The Bertz CT molecular complexity index is 1130. The van der Waals surface area contributed by atoms with Gasteiger partial charge in [-0.15, -0.1) is 0 Å². The summed E-state index contributed by atoms with van der Waals surface area (Å²) in [4.78, 5) is 28.2. The molecule has 1 aliphatic rings. The predicted molar refractivity (Wildman–Crippen MR) is 113 cm³/mol. The molecule has 1 amide bonds. The molecule has 1 heterocycles. The summed E-state index contributed by atoms with van der Waals surface area (Å²) in [5.74, 6) is -1.29. The Hall–Kier alpha value is -3.48. The van der Waals surface area contributed by atoms with Gasteiger partial charge >= 0.3 is 5.97 Å². The Kier molecular flexibility index (Phi) is 4.89. The van der Waals surface area contributed by atoms with Gasteiger partial charge in [-0.1, -0.05) is 6.07 Å². The summed E-state index contributed by atoms with van der Waals surface area (Å²) in [7, 11) is 0. The van der Waals surface area contributed by atoms with Crippen LogP contribution in [-0.4, -0.2) is 33.7 Å². The molecule has 0 radical (unpaired) electrons. The molecule has 0 aliphatic heterocycles. The number of phenolic OH excluding ortho intramolecular Hbond substituents is 2. The first kappa shape index (κ1) is 19.8. The molecule has 1 unspecified atom stereocenters. The van der Waals surface area contributed by atoms with Crippen LogP contribution < -0.4 is 5.32 Å². The Morgan fingerprint density at radius 3 is 2.57 bits per heavy atom. The van der Waals surface area contributed by atoms with E-state index in [0.717, 1.165) is 16.6 Å². The normalized spacial score (nSPS) is 15.5. The first-order valence-electron chi connectivity index (χ1n) is 9.97. The SMILES string of the molecule is CCOC(=O)C(C)c1cc2cc(NC(=O)C3(c4ccc(O)c(O)c4)CC3)ccc2[nH]1. The Balaban J connectivity index is 1.54. The van der Waals surface area contributed by atoms with Gasteiger partial charge in [0, 0.05) is 22.3 Å². The number of phenols is 2. The second-order valence-corrected chi connectivity index (χ2v) is 7.74.